The summed E-state index contributed by atoms with van der Waals surface area (Å²) in [6, 6.07) is 0. The van der Waals surface area contributed by atoms with Crippen LogP contribution < -0.4 is 0 Å². The number of carbonyl (C=O) groups excluding carboxylic acids is 2. The maximum atomic E-state index is 12.7. The summed E-state index contributed by atoms with van der Waals surface area (Å²) in [4.78, 5) is 21.1. The third-order valence-electron chi connectivity index (χ3n) is 1.73. The predicted octanol–water partition coefficient (Wildman–Crippen LogP) is 1.71. The fourth-order valence-electron chi connectivity index (χ4n) is 0.800. The lowest BCUT2D eigenvalue weighted by Gasteiger charge is -2.13. The highest BCUT2D eigenvalue weighted by Gasteiger charge is 2.42. The molecule has 0 aliphatic rings. The average Bonchev–Trinajstić information content (AvgIpc) is 2.32. The van der Waals surface area contributed by atoms with Crippen molar-refractivity contribution in [2.24, 2.45) is 0 Å². The van der Waals surface area contributed by atoms with Crippen LogP contribution in [-0.4, -0.2) is 49.4 Å². The third-order valence-corrected chi connectivity index (χ3v) is 1.73. The topological polar surface area (TPSA) is 34.1 Å². The van der Waals surface area contributed by atoms with E-state index < -0.39 is 49.4 Å². The minimum atomic E-state index is -3.89. The van der Waals surface area contributed by atoms with E-state index in [9.17, 15) is 40.3 Å². The molecule has 0 radical (unpaired) electrons. The first-order valence-corrected chi connectivity index (χ1v) is 4.21. The van der Waals surface area contributed by atoms with Crippen LogP contribution in [0.25, 0.3) is 0 Å². The first kappa shape index (κ1) is 15.9. The highest BCUT2D eigenvalue weighted by atomic mass is 19.3. The monoisotopic (exact) mass is 268 g/mol. The van der Waals surface area contributed by atoms with Gasteiger partial charge in [-0.1, -0.05) is 0 Å². The van der Waals surface area contributed by atoms with Crippen LogP contribution in [0.1, 0.15) is 0 Å². The van der Waals surface area contributed by atoms with Gasteiger partial charge in [0.1, 0.15) is 6.67 Å². The summed E-state index contributed by atoms with van der Waals surface area (Å²) < 4.78 is 84.7. The smallest absolute Gasteiger partial charge is 0.276 e. The molecule has 17 heavy (non-hydrogen) atoms. The van der Waals surface area contributed by atoms with E-state index in [1.807, 2.05) is 0 Å². The van der Waals surface area contributed by atoms with Crippen molar-refractivity contribution in [2.45, 2.75) is 31.1 Å². The SMILES string of the molecule is O=C(C(F)C(=O)C(F)C(F)CF)C(F)C(F)F. The highest BCUT2D eigenvalue weighted by Crippen LogP contribution is 2.16. The Morgan fingerprint density at radius 3 is 1.59 bits per heavy atom. The van der Waals surface area contributed by atoms with E-state index in [-0.39, 0.29) is 0 Å². The van der Waals surface area contributed by atoms with Gasteiger partial charge in [0.2, 0.25) is 23.9 Å². The Morgan fingerprint density at radius 1 is 0.824 bits per heavy atom. The molecule has 100 valence electrons. The Labute approximate surface area is 90.8 Å². The molecule has 0 bridgehead atoms. The lowest BCUT2D eigenvalue weighted by atomic mass is 10.0. The van der Waals surface area contributed by atoms with E-state index in [1.165, 1.54) is 0 Å². The molecule has 0 rings (SSSR count). The summed E-state index contributed by atoms with van der Waals surface area (Å²) in [5.41, 5.74) is 0. The van der Waals surface area contributed by atoms with Gasteiger partial charge in [0, 0.05) is 0 Å². The van der Waals surface area contributed by atoms with Gasteiger partial charge in [-0.15, -0.1) is 0 Å². The van der Waals surface area contributed by atoms with Gasteiger partial charge in [0.15, 0.2) is 12.3 Å². The van der Waals surface area contributed by atoms with Crippen molar-refractivity contribution in [3.05, 3.63) is 0 Å². The largest absolute Gasteiger partial charge is 0.292 e. The van der Waals surface area contributed by atoms with Crippen LogP contribution in [0.4, 0.5) is 30.7 Å². The number of halogens is 7. The zero-order chi connectivity index (χ0) is 13.7. The maximum Gasteiger partial charge on any atom is 0.276 e. The van der Waals surface area contributed by atoms with Crippen molar-refractivity contribution in [3.63, 3.8) is 0 Å². The van der Waals surface area contributed by atoms with E-state index >= 15 is 0 Å². The molecule has 0 spiro atoms. The van der Waals surface area contributed by atoms with Crippen molar-refractivity contribution in [1.29, 1.82) is 0 Å². The normalized spacial score (nSPS) is 18.6. The van der Waals surface area contributed by atoms with Gasteiger partial charge in [-0.3, -0.25) is 9.59 Å². The molecule has 4 atom stereocenters. The number of carbonyl (C=O) groups is 2. The molecule has 0 fully saturated rings. The Balaban J connectivity index is 4.65. The van der Waals surface area contributed by atoms with Gasteiger partial charge >= 0.3 is 0 Å². The number of rotatable bonds is 7. The molecule has 0 aliphatic heterocycles. The second-order valence-electron chi connectivity index (χ2n) is 2.98. The van der Waals surface area contributed by atoms with Gasteiger partial charge in [0.05, 0.1) is 0 Å². The quantitative estimate of drug-likeness (QED) is 0.520. The second kappa shape index (κ2) is 6.55. The Morgan fingerprint density at radius 2 is 1.24 bits per heavy atom. The minimum absolute atomic E-state index is 1.97. The second-order valence-corrected chi connectivity index (χ2v) is 2.98. The van der Waals surface area contributed by atoms with Crippen molar-refractivity contribution < 1.29 is 40.3 Å². The zero-order valence-electron chi connectivity index (χ0n) is 8.06. The van der Waals surface area contributed by atoms with E-state index in [4.69, 9.17) is 0 Å². The van der Waals surface area contributed by atoms with Gasteiger partial charge in [-0.05, 0) is 0 Å². The molecule has 0 heterocycles. The number of hydrogen-bond donors (Lipinski definition) is 0. The molecule has 0 saturated heterocycles. The summed E-state index contributed by atoms with van der Waals surface area (Å²) in [5.74, 6) is -4.93. The molecular weight excluding hydrogens is 261 g/mol. The molecule has 2 nitrogen and oxygen atoms in total. The first-order chi connectivity index (χ1) is 7.73. The molecule has 9 heteroatoms. The van der Waals surface area contributed by atoms with E-state index in [2.05, 4.69) is 0 Å². The molecule has 0 aliphatic carbocycles. The zero-order valence-corrected chi connectivity index (χ0v) is 8.06. The van der Waals surface area contributed by atoms with Crippen molar-refractivity contribution in [3.8, 4) is 0 Å². The Kier molecular flexibility index (Phi) is 6.11. The van der Waals surface area contributed by atoms with Gasteiger partial charge in [-0.2, -0.15) is 0 Å². The van der Waals surface area contributed by atoms with E-state index in [1.54, 1.807) is 0 Å². The molecule has 0 amide bonds. The lowest BCUT2D eigenvalue weighted by Crippen LogP contribution is -2.43. The first-order valence-electron chi connectivity index (χ1n) is 4.21. The van der Waals surface area contributed by atoms with E-state index in [0.717, 1.165) is 0 Å². The number of alkyl halides is 7. The van der Waals surface area contributed by atoms with Gasteiger partial charge in [0.25, 0.3) is 6.43 Å². The molecular formula is C8H7F7O2. The Hall–Kier alpha value is -1.15. The van der Waals surface area contributed by atoms with Crippen molar-refractivity contribution in [1.82, 2.24) is 0 Å². The number of Topliss-reactive ketones (excluding diaryl/α,β-unsaturated/α-hetero) is 2. The van der Waals surface area contributed by atoms with Crippen LogP contribution in [-0.2, 0) is 9.59 Å². The fourth-order valence-corrected chi connectivity index (χ4v) is 0.800. The van der Waals surface area contributed by atoms with Crippen LogP contribution in [0.2, 0.25) is 0 Å². The van der Waals surface area contributed by atoms with Crippen LogP contribution in [0.5, 0.6) is 0 Å². The minimum Gasteiger partial charge on any atom is -0.292 e. The molecule has 0 aromatic rings. The summed E-state index contributed by atoms with van der Waals surface area (Å²) >= 11 is 0. The van der Waals surface area contributed by atoms with Crippen LogP contribution in [0.3, 0.4) is 0 Å². The maximum absolute atomic E-state index is 12.7. The van der Waals surface area contributed by atoms with Crippen LogP contribution in [0, 0.1) is 0 Å². The molecule has 0 N–H and O–H groups in total. The summed E-state index contributed by atoms with van der Waals surface area (Å²) in [5, 5.41) is 0. The number of ketones is 2. The molecule has 4 unspecified atom stereocenters. The average molecular weight is 268 g/mol. The fraction of sp³-hybridized carbons (Fsp3) is 0.750. The highest BCUT2D eigenvalue weighted by molar-refractivity contribution is 6.08. The summed E-state index contributed by atoms with van der Waals surface area (Å²) in [6.07, 6.45) is -17.5. The molecule has 0 saturated carbocycles. The summed E-state index contributed by atoms with van der Waals surface area (Å²) in [6.45, 7) is -1.97. The predicted molar refractivity (Wildman–Crippen MR) is 41.6 cm³/mol. The third kappa shape index (κ3) is 3.97. The Bertz CT molecular complexity index is 283. The number of hydrogen-bond acceptors (Lipinski definition) is 2. The van der Waals surface area contributed by atoms with Crippen LogP contribution >= 0.6 is 0 Å². The van der Waals surface area contributed by atoms with Crippen LogP contribution in [0.15, 0.2) is 0 Å². The van der Waals surface area contributed by atoms with Crippen molar-refractivity contribution in [2.75, 3.05) is 6.67 Å². The van der Waals surface area contributed by atoms with Crippen molar-refractivity contribution >= 4 is 11.6 Å². The van der Waals surface area contributed by atoms with E-state index in [0.29, 0.717) is 0 Å². The molecule has 0 aromatic heterocycles. The lowest BCUT2D eigenvalue weighted by molar-refractivity contribution is -0.144. The summed E-state index contributed by atoms with van der Waals surface area (Å²) in [7, 11) is 0. The van der Waals surface area contributed by atoms with Gasteiger partial charge in [-0.25, -0.2) is 30.7 Å². The van der Waals surface area contributed by atoms with Gasteiger partial charge < -0.3 is 0 Å². The molecule has 0 aromatic carbocycles. The standard InChI is InChI=1S/C8H7F7O2/c9-1-2(10)3(11)6(16)4(12)7(17)5(13)8(14)15/h2-5,8H,1H2.